The van der Waals surface area contributed by atoms with Crippen molar-refractivity contribution >= 4 is 17.5 Å². The lowest BCUT2D eigenvalue weighted by Crippen LogP contribution is -2.27. The summed E-state index contributed by atoms with van der Waals surface area (Å²) in [5.74, 6) is -1.06. The van der Waals surface area contributed by atoms with Crippen molar-refractivity contribution in [1.29, 1.82) is 0 Å². The Morgan fingerprint density at radius 2 is 1.69 bits per heavy atom. The number of anilines is 1. The lowest BCUT2D eigenvalue weighted by Gasteiger charge is -2.18. The Bertz CT molecular complexity index is 1310. The molecule has 0 aliphatic carbocycles. The predicted octanol–water partition coefficient (Wildman–Crippen LogP) is 4.36. The van der Waals surface area contributed by atoms with Crippen molar-refractivity contribution in [2.45, 2.75) is 13.1 Å². The fourth-order valence-electron chi connectivity index (χ4n) is 3.56. The summed E-state index contributed by atoms with van der Waals surface area (Å²) >= 11 is 0. The number of carbonyl (C=O) groups excluding carboxylic acids is 2. The summed E-state index contributed by atoms with van der Waals surface area (Å²) in [6.45, 7) is 0.633. The van der Waals surface area contributed by atoms with E-state index in [2.05, 4.69) is 10.4 Å². The van der Waals surface area contributed by atoms with Crippen molar-refractivity contribution in [2.75, 3.05) is 19.0 Å². The zero-order chi connectivity index (χ0) is 24.6. The summed E-state index contributed by atoms with van der Waals surface area (Å²) < 4.78 is 21.2. The summed E-state index contributed by atoms with van der Waals surface area (Å²) in [5.41, 5.74) is 2.42. The number of carbonyl (C=O) groups is 2. The van der Waals surface area contributed by atoms with Gasteiger partial charge in [0.25, 0.3) is 11.8 Å². The molecular weight excluding hydrogens is 447 g/mol. The summed E-state index contributed by atoms with van der Waals surface area (Å²) in [6, 6.07) is 22.6. The number of nitrogens with zero attached hydrogens (tertiary/aromatic N) is 3. The van der Waals surface area contributed by atoms with Crippen LogP contribution in [0.25, 0.3) is 0 Å². The Kier molecular flexibility index (Phi) is 7.52. The van der Waals surface area contributed by atoms with E-state index in [-0.39, 0.29) is 24.0 Å². The topological polar surface area (TPSA) is 76.5 Å². The van der Waals surface area contributed by atoms with E-state index in [1.165, 1.54) is 18.2 Å². The van der Waals surface area contributed by atoms with Gasteiger partial charge in [-0.25, -0.2) is 4.39 Å². The first-order valence-corrected chi connectivity index (χ1v) is 11.1. The smallest absolute Gasteiger partial charge is 0.262 e. The Morgan fingerprint density at radius 3 is 2.49 bits per heavy atom. The Balaban J connectivity index is 1.36. The number of hydrogen-bond donors (Lipinski definition) is 1. The minimum absolute atomic E-state index is 0.0676. The molecule has 0 unspecified atom stereocenters. The van der Waals surface area contributed by atoms with Gasteiger partial charge >= 0.3 is 0 Å². The molecular formula is C27H25FN4O3. The molecule has 35 heavy (non-hydrogen) atoms. The third-order valence-corrected chi connectivity index (χ3v) is 5.26. The zero-order valence-corrected chi connectivity index (χ0v) is 19.2. The molecule has 8 heteroatoms. The quantitative estimate of drug-likeness (QED) is 0.393. The molecule has 0 radical (unpaired) electrons. The molecule has 7 nitrogen and oxygen atoms in total. The molecule has 0 aliphatic heterocycles. The monoisotopic (exact) mass is 472 g/mol. The highest BCUT2D eigenvalue weighted by Crippen LogP contribution is 2.21. The maximum Gasteiger partial charge on any atom is 0.262 e. The van der Waals surface area contributed by atoms with Gasteiger partial charge in [-0.15, -0.1) is 0 Å². The second-order valence-electron chi connectivity index (χ2n) is 8.01. The molecule has 4 aromatic rings. The number of aromatic nitrogens is 2. The van der Waals surface area contributed by atoms with Gasteiger partial charge in [0.1, 0.15) is 11.6 Å². The first-order chi connectivity index (χ1) is 17.0. The van der Waals surface area contributed by atoms with Crippen LogP contribution in [0.2, 0.25) is 0 Å². The number of halogens is 1. The van der Waals surface area contributed by atoms with Gasteiger partial charge in [-0.2, -0.15) is 5.10 Å². The van der Waals surface area contributed by atoms with Crippen molar-refractivity contribution in [3.8, 4) is 5.75 Å². The van der Waals surface area contributed by atoms with Crippen molar-refractivity contribution in [2.24, 2.45) is 0 Å². The van der Waals surface area contributed by atoms with Crippen LogP contribution >= 0.6 is 0 Å². The molecule has 178 valence electrons. The van der Waals surface area contributed by atoms with Gasteiger partial charge in [0.15, 0.2) is 6.61 Å². The SMILES string of the molecule is CN(Cc1cnn(Cc2ccccc2)c1)C(=O)c1ccccc1OCC(=O)Nc1ccccc1F. The van der Waals surface area contributed by atoms with Crippen molar-refractivity contribution in [3.05, 3.63) is 114 Å². The predicted molar refractivity (Wildman–Crippen MR) is 131 cm³/mol. The largest absolute Gasteiger partial charge is 0.483 e. The highest BCUT2D eigenvalue weighted by molar-refractivity contribution is 5.97. The lowest BCUT2D eigenvalue weighted by molar-refractivity contribution is -0.118. The van der Waals surface area contributed by atoms with Crippen LogP contribution in [0.3, 0.4) is 0 Å². The standard InChI is InChI=1S/C27H25FN4O3/c1-31(16-21-15-29-32(18-21)17-20-9-3-2-4-10-20)27(34)22-11-5-8-14-25(22)35-19-26(33)30-24-13-7-6-12-23(24)28/h2-15,18H,16-17,19H2,1H3,(H,30,33). The molecule has 1 N–H and O–H groups in total. The van der Waals surface area contributed by atoms with E-state index in [9.17, 15) is 14.0 Å². The summed E-state index contributed by atoms with van der Waals surface area (Å²) in [7, 11) is 1.69. The Labute approximate surface area is 202 Å². The minimum atomic E-state index is -0.537. The number of ether oxygens (including phenoxy) is 1. The van der Waals surface area contributed by atoms with Gasteiger partial charge < -0.3 is 15.0 Å². The molecule has 0 aliphatic rings. The average molecular weight is 473 g/mol. The molecule has 4 rings (SSSR count). The van der Waals surface area contributed by atoms with E-state index in [1.807, 2.05) is 41.2 Å². The number of hydrogen-bond acceptors (Lipinski definition) is 4. The normalized spacial score (nSPS) is 10.6. The van der Waals surface area contributed by atoms with Crippen LogP contribution in [0.15, 0.2) is 91.3 Å². The van der Waals surface area contributed by atoms with Crippen LogP contribution in [0.5, 0.6) is 5.75 Å². The van der Waals surface area contributed by atoms with Gasteiger partial charge in [0, 0.05) is 25.4 Å². The van der Waals surface area contributed by atoms with E-state index in [1.54, 1.807) is 48.5 Å². The van der Waals surface area contributed by atoms with Crippen LogP contribution in [-0.4, -0.2) is 40.1 Å². The van der Waals surface area contributed by atoms with Gasteiger partial charge in [-0.05, 0) is 29.8 Å². The van der Waals surface area contributed by atoms with Gasteiger partial charge in [0.05, 0.1) is 24.0 Å². The van der Waals surface area contributed by atoms with Gasteiger partial charge in [-0.1, -0.05) is 54.6 Å². The number of amides is 2. The molecule has 0 fully saturated rings. The maximum absolute atomic E-state index is 13.7. The third kappa shape index (κ3) is 6.32. The fourth-order valence-corrected chi connectivity index (χ4v) is 3.56. The van der Waals surface area contributed by atoms with Crippen LogP contribution in [0.1, 0.15) is 21.5 Å². The average Bonchev–Trinajstić information content (AvgIpc) is 3.31. The second kappa shape index (κ2) is 11.1. The first-order valence-electron chi connectivity index (χ1n) is 11.1. The van der Waals surface area contributed by atoms with Crippen LogP contribution < -0.4 is 10.1 Å². The molecule has 1 aromatic heterocycles. The number of para-hydroxylation sites is 2. The lowest BCUT2D eigenvalue weighted by atomic mass is 10.1. The first kappa shape index (κ1) is 23.7. The summed E-state index contributed by atoms with van der Waals surface area (Å²) in [4.78, 5) is 26.9. The summed E-state index contributed by atoms with van der Waals surface area (Å²) in [5, 5.41) is 6.85. The van der Waals surface area contributed by atoms with Crippen molar-refractivity contribution < 1.29 is 18.7 Å². The molecule has 0 atom stereocenters. The molecule has 1 heterocycles. The number of rotatable bonds is 9. The van der Waals surface area contributed by atoms with Crippen LogP contribution in [0, 0.1) is 5.82 Å². The van der Waals surface area contributed by atoms with Crippen molar-refractivity contribution in [1.82, 2.24) is 14.7 Å². The number of benzene rings is 3. The highest BCUT2D eigenvalue weighted by Gasteiger charge is 2.18. The molecule has 0 spiro atoms. The minimum Gasteiger partial charge on any atom is -0.483 e. The second-order valence-corrected chi connectivity index (χ2v) is 8.01. The molecule has 2 amide bonds. The van der Waals surface area contributed by atoms with E-state index >= 15 is 0 Å². The van der Waals surface area contributed by atoms with Crippen molar-refractivity contribution in [3.63, 3.8) is 0 Å². The van der Waals surface area contributed by atoms with Crippen LogP contribution in [-0.2, 0) is 17.9 Å². The molecule has 0 saturated carbocycles. The summed E-state index contributed by atoms with van der Waals surface area (Å²) in [6.07, 6.45) is 3.65. The third-order valence-electron chi connectivity index (χ3n) is 5.26. The Hall–Kier alpha value is -4.46. The molecule has 3 aromatic carbocycles. The van der Waals surface area contributed by atoms with Gasteiger partial charge in [-0.3, -0.25) is 14.3 Å². The maximum atomic E-state index is 13.7. The van der Waals surface area contributed by atoms with E-state index in [0.717, 1.165) is 11.1 Å². The van der Waals surface area contributed by atoms with E-state index in [4.69, 9.17) is 4.74 Å². The Morgan fingerprint density at radius 1 is 0.971 bits per heavy atom. The number of nitrogens with one attached hydrogen (secondary N) is 1. The highest BCUT2D eigenvalue weighted by atomic mass is 19.1. The van der Waals surface area contributed by atoms with Gasteiger partial charge in [0.2, 0.25) is 0 Å². The molecule has 0 bridgehead atoms. The van der Waals surface area contributed by atoms with Crippen LogP contribution in [0.4, 0.5) is 10.1 Å². The molecule has 0 saturated heterocycles. The zero-order valence-electron chi connectivity index (χ0n) is 19.2. The van der Waals surface area contributed by atoms with E-state index in [0.29, 0.717) is 18.7 Å². The fraction of sp³-hybridized carbons (Fsp3) is 0.148. The van der Waals surface area contributed by atoms with E-state index < -0.39 is 11.7 Å².